The number of para-hydroxylation sites is 1. The Morgan fingerprint density at radius 1 is 1.29 bits per heavy atom. The summed E-state index contributed by atoms with van der Waals surface area (Å²) < 4.78 is 5.33. The minimum Gasteiger partial charge on any atom is -0.487 e. The Morgan fingerprint density at radius 3 is 2.71 bits per heavy atom. The van der Waals surface area contributed by atoms with Gasteiger partial charge in [-0.2, -0.15) is 11.8 Å². The molecule has 0 aromatic heterocycles. The SMILES string of the molecule is CCOc1cccc(NCCCCCCSC)c1[N+](=O)[O-]. The number of ether oxygens (including phenoxy) is 1. The van der Waals surface area contributed by atoms with Gasteiger partial charge in [-0.05, 0) is 43.9 Å². The normalized spacial score (nSPS) is 10.4. The largest absolute Gasteiger partial charge is 0.487 e. The van der Waals surface area contributed by atoms with E-state index in [-0.39, 0.29) is 10.6 Å². The van der Waals surface area contributed by atoms with Crippen molar-refractivity contribution in [3.05, 3.63) is 28.3 Å². The maximum atomic E-state index is 11.2. The standard InChI is InChI=1S/C15H24N2O3S/c1-3-20-14-10-8-9-13(15(14)17(18)19)16-11-6-4-5-7-12-21-2/h8-10,16H,3-7,11-12H2,1-2H3. The molecule has 0 unspecified atom stereocenters. The van der Waals surface area contributed by atoms with Crippen molar-refractivity contribution < 1.29 is 9.66 Å². The number of benzene rings is 1. The van der Waals surface area contributed by atoms with E-state index in [0.29, 0.717) is 18.0 Å². The molecule has 0 saturated carbocycles. The van der Waals surface area contributed by atoms with Gasteiger partial charge >= 0.3 is 5.69 Å². The highest BCUT2D eigenvalue weighted by Gasteiger charge is 2.20. The van der Waals surface area contributed by atoms with Gasteiger partial charge in [-0.25, -0.2) is 0 Å². The fourth-order valence-electron chi connectivity index (χ4n) is 2.07. The third kappa shape index (κ3) is 6.25. The van der Waals surface area contributed by atoms with Gasteiger partial charge in [0.05, 0.1) is 11.5 Å². The number of nitro benzene ring substituents is 1. The van der Waals surface area contributed by atoms with Crippen LogP contribution in [0.5, 0.6) is 5.75 Å². The van der Waals surface area contributed by atoms with Crippen molar-refractivity contribution >= 4 is 23.1 Å². The minimum atomic E-state index is -0.383. The van der Waals surface area contributed by atoms with Gasteiger partial charge in [0.25, 0.3) is 0 Å². The van der Waals surface area contributed by atoms with Gasteiger partial charge in [-0.3, -0.25) is 10.1 Å². The summed E-state index contributed by atoms with van der Waals surface area (Å²) in [5, 5.41) is 14.4. The molecule has 118 valence electrons. The van der Waals surface area contributed by atoms with Gasteiger partial charge in [0.2, 0.25) is 0 Å². The highest BCUT2D eigenvalue weighted by molar-refractivity contribution is 7.98. The fourth-order valence-corrected chi connectivity index (χ4v) is 2.57. The van der Waals surface area contributed by atoms with Crippen molar-refractivity contribution in [3.8, 4) is 5.75 Å². The van der Waals surface area contributed by atoms with Crippen molar-refractivity contribution in [2.45, 2.75) is 32.6 Å². The van der Waals surface area contributed by atoms with Gasteiger partial charge in [0.1, 0.15) is 5.69 Å². The highest BCUT2D eigenvalue weighted by atomic mass is 32.2. The van der Waals surface area contributed by atoms with E-state index in [2.05, 4.69) is 11.6 Å². The van der Waals surface area contributed by atoms with Crippen molar-refractivity contribution in [1.82, 2.24) is 0 Å². The van der Waals surface area contributed by atoms with Crippen molar-refractivity contribution in [1.29, 1.82) is 0 Å². The molecular weight excluding hydrogens is 288 g/mol. The average Bonchev–Trinajstić information content (AvgIpc) is 2.46. The van der Waals surface area contributed by atoms with Crippen LogP contribution in [0.4, 0.5) is 11.4 Å². The molecule has 1 rings (SSSR count). The summed E-state index contributed by atoms with van der Waals surface area (Å²) in [5.41, 5.74) is 0.566. The first kappa shape index (κ1) is 17.6. The predicted octanol–water partition coefficient (Wildman–Crippen LogP) is 4.33. The van der Waals surface area contributed by atoms with Crippen LogP contribution in [0.15, 0.2) is 18.2 Å². The monoisotopic (exact) mass is 312 g/mol. The summed E-state index contributed by atoms with van der Waals surface area (Å²) >= 11 is 1.87. The second kappa shape index (κ2) is 10.3. The molecule has 0 fully saturated rings. The lowest BCUT2D eigenvalue weighted by Gasteiger charge is -2.10. The summed E-state index contributed by atoms with van der Waals surface area (Å²) in [4.78, 5) is 10.8. The van der Waals surface area contributed by atoms with Crippen molar-refractivity contribution in [3.63, 3.8) is 0 Å². The molecule has 0 aliphatic heterocycles. The number of hydrogen-bond acceptors (Lipinski definition) is 5. The maximum absolute atomic E-state index is 11.2. The summed E-state index contributed by atoms with van der Waals surface area (Å²) in [6.07, 6.45) is 6.73. The van der Waals surface area contributed by atoms with Gasteiger partial charge in [0.15, 0.2) is 5.75 Å². The Labute approximate surface area is 130 Å². The zero-order chi connectivity index (χ0) is 15.5. The van der Waals surface area contributed by atoms with Crippen LogP contribution in [0, 0.1) is 10.1 Å². The van der Waals surface area contributed by atoms with Gasteiger partial charge in [-0.15, -0.1) is 0 Å². The molecule has 0 heterocycles. The molecule has 1 aromatic rings. The van der Waals surface area contributed by atoms with Crippen LogP contribution in [0.2, 0.25) is 0 Å². The average molecular weight is 312 g/mol. The van der Waals surface area contributed by atoms with E-state index in [9.17, 15) is 10.1 Å². The molecule has 0 spiro atoms. The molecule has 21 heavy (non-hydrogen) atoms. The fraction of sp³-hybridized carbons (Fsp3) is 0.600. The van der Waals surface area contributed by atoms with Crippen molar-refractivity contribution in [2.24, 2.45) is 0 Å². The van der Waals surface area contributed by atoms with E-state index in [1.807, 2.05) is 18.7 Å². The van der Waals surface area contributed by atoms with E-state index in [0.717, 1.165) is 19.4 Å². The van der Waals surface area contributed by atoms with E-state index in [1.165, 1.54) is 18.6 Å². The first-order valence-corrected chi connectivity index (χ1v) is 8.73. The molecule has 0 aliphatic rings. The number of rotatable bonds is 11. The Morgan fingerprint density at radius 2 is 2.05 bits per heavy atom. The third-order valence-electron chi connectivity index (χ3n) is 3.07. The number of anilines is 1. The molecule has 1 aromatic carbocycles. The Bertz CT molecular complexity index is 441. The van der Waals surface area contributed by atoms with Crippen LogP contribution in [-0.4, -0.2) is 30.1 Å². The Hall–Kier alpha value is -1.43. The van der Waals surface area contributed by atoms with E-state index >= 15 is 0 Å². The summed E-state index contributed by atoms with van der Waals surface area (Å²) in [5.74, 6) is 1.53. The number of hydrogen-bond donors (Lipinski definition) is 1. The van der Waals surface area contributed by atoms with Crippen LogP contribution < -0.4 is 10.1 Å². The lowest BCUT2D eigenvalue weighted by Crippen LogP contribution is -2.06. The number of nitro groups is 1. The quantitative estimate of drug-likeness (QED) is 0.374. The zero-order valence-corrected chi connectivity index (χ0v) is 13.6. The molecule has 0 atom stereocenters. The van der Waals surface area contributed by atoms with Crippen LogP contribution in [0.3, 0.4) is 0 Å². The summed E-state index contributed by atoms with van der Waals surface area (Å²) in [6, 6.07) is 5.14. The molecule has 6 heteroatoms. The zero-order valence-electron chi connectivity index (χ0n) is 12.8. The van der Waals surface area contributed by atoms with E-state index in [1.54, 1.807) is 18.2 Å². The number of nitrogens with one attached hydrogen (secondary N) is 1. The molecule has 0 saturated heterocycles. The summed E-state index contributed by atoms with van der Waals surface area (Å²) in [6.45, 7) is 2.98. The molecule has 5 nitrogen and oxygen atoms in total. The second-order valence-corrected chi connectivity index (χ2v) is 5.66. The first-order chi connectivity index (χ1) is 10.2. The van der Waals surface area contributed by atoms with Crippen LogP contribution in [-0.2, 0) is 0 Å². The van der Waals surface area contributed by atoms with Crippen LogP contribution in [0.1, 0.15) is 32.6 Å². The topological polar surface area (TPSA) is 64.4 Å². The van der Waals surface area contributed by atoms with Crippen molar-refractivity contribution in [2.75, 3.05) is 30.5 Å². The summed E-state index contributed by atoms with van der Waals surface area (Å²) in [7, 11) is 0. The van der Waals surface area contributed by atoms with Crippen LogP contribution >= 0.6 is 11.8 Å². The third-order valence-corrected chi connectivity index (χ3v) is 3.77. The smallest absolute Gasteiger partial charge is 0.333 e. The number of nitrogens with zero attached hydrogens (tertiary/aromatic N) is 1. The van der Waals surface area contributed by atoms with Crippen LogP contribution in [0.25, 0.3) is 0 Å². The number of thioether (sulfide) groups is 1. The first-order valence-electron chi connectivity index (χ1n) is 7.33. The predicted molar refractivity (Wildman–Crippen MR) is 89.6 cm³/mol. The Kier molecular flexibility index (Phi) is 8.66. The molecule has 0 amide bonds. The molecule has 0 bridgehead atoms. The molecule has 1 N–H and O–H groups in total. The number of unbranched alkanes of at least 4 members (excludes halogenated alkanes) is 3. The molecule has 0 aliphatic carbocycles. The van der Waals surface area contributed by atoms with Gasteiger partial charge in [-0.1, -0.05) is 18.9 Å². The lowest BCUT2D eigenvalue weighted by molar-refractivity contribution is -0.384. The minimum absolute atomic E-state index is 0.0294. The van der Waals surface area contributed by atoms with Gasteiger partial charge < -0.3 is 10.1 Å². The highest BCUT2D eigenvalue weighted by Crippen LogP contribution is 2.34. The Balaban J connectivity index is 2.50. The van der Waals surface area contributed by atoms with E-state index in [4.69, 9.17) is 4.74 Å². The van der Waals surface area contributed by atoms with Gasteiger partial charge in [0, 0.05) is 6.54 Å². The second-order valence-electron chi connectivity index (χ2n) is 4.68. The maximum Gasteiger partial charge on any atom is 0.333 e. The van der Waals surface area contributed by atoms with E-state index < -0.39 is 0 Å². The lowest BCUT2D eigenvalue weighted by atomic mass is 10.2. The molecular formula is C15H24N2O3S. The molecule has 0 radical (unpaired) electrons.